The number of hydrogen-bond donors (Lipinski definition) is 0. The van der Waals surface area contributed by atoms with E-state index in [1.165, 1.54) is 64.8 Å². The highest BCUT2D eigenvalue weighted by Gasteiger charge is 2.10. The second kappa shape index (κ2) is 12.6. The van der Waals surface area contributed by atoms with E-state index in [2.05, 4.69) is 51.3 Å². The van der Waals surface area contributed by atoms with Gasteiger partial charge in [0.2, 0.25) is 0 Å². The molecule has 0 aliphatic heterocycles. The molecule has 0 saturated carbocycles. The topological polar surface area (TPSA) is 6.48 Å². The second-order valence-corrected chi connectivity index (χ2v) is 6.28. The van der Waals surface area contributed by atoms with Crippen molar-refractivity contribution in [3.63, 3.8) is 0 Å². The van der Waals surface area contributed by atoms with Crippen LogP contribution < -0.4 is 0 Å². The minimum atomic E-state index is 0.760. The zero-order chi connectivity index (χ0) is 15.4. The van der Waals surface area contributed by atoms with E-state index in [0.29, 0.717) is 0 Å². The first kappa shape index (κ1) is 19.9. The molecule has 0 N–H and O–H groups in total. The van der Waals surface area contributed by atoms with Crippen molar-refractivity contribution < 1.29 is 0 Å². The Labute approximate surface area is 128 Å². The van der Waals surface area contributed by atoms with Gasteiger partial charge in [-0.05, 0) is 58.4 Å². The highest BCUT2D eigenvalue weighted by Crippen LogP contribution is 2.16. The van der Waals surface area contributed by atoms with Gasteiger partial charge in [-0.15, -0.1) is 0 Å². The van der Waals surface area contributed by atoms with Gasteiger partial charge in [0.1, 0.15) is 0 Å². The summed E-state index contributed by atoms with van der Waals surface area (Å²) in [4.78, 5) is 5.11. The largest absolute Gasteiger partial charge is 0.304 e. The number of rotatable bonds is 13. The summed E-state index contributed by atoms with van der Waals surface area (Å²) < 4.78 is 0. The summed E-state index contributed by atoms with van der Waals surface area (Å²) in [5, 5.41) is 0. The van der Waals surface area contributed by atoms with Gasteiger partial charge in [0.05, 0.1) is 0 Å². The number of unbranched alkanes of at least 4 members (excludes halogenated alkanes) is 1. The first-order valence-corrected chi connectivity index (χ1v) is 9.05. The molecule has 0 aliphatic rings. The molecule has 122 valence electrons. The van der Waals surface area contributed by atoms with Crippen molar-refractivity contribution in [1.82, 2.24) is 9.80 Å². The first-order valence-electron chi connectivity index (χ1n) is 9.05. The fourth-order valence-electron chi connectivity index (χ4n) is 3.05. The Morgan fingerprint density at radius 1 is 0.700 bits per heavy atom. The molecule has 0 heterocycles. The van der Waals surface area contributed by atoms with E-state index in [1.54, 1.807) is 0 Å². The molecular weight excluding hydrogens is 244 g/mol. The maximum atomic E-state index is 2.57. The molecule has 2 atom stereocenters. The van der Waals surface area contributed by atoms with E-state index in [1.807, 2.05) is 0 Å². The van der Waals surface area contributed by atoms with E-state index in [4.69, 9.17) is 0 Å². The summed E-state index contributed by atoms with van der Waals surface area (Å²) in [6.45, 7) is 20.0. The monoisotopic (exact) mass is 284 g/mol. The van der Waals surface area contributed by atoms with Crippen molar-refractivity contribution in [2.75, 3.05) is 32.7 Å². The summed E-state index contributed by atoms with van der Waals surface area (Å²) in [5.41, 5.74) is 0. The predicted molar refractivity (Wildman–Crippen MR) is 92.4 cm³/mol. The molecule has 20 heavy (non-hydrogen) atoms. The van der Waals surface area contributed by atoms with E-state index < -0.39 is 0 Å². The van der Waals surface area contributed by atoms with Gasteiger partial charge >= 0.3 is 0 Å². The van der Waals surface area contributed by atoms with Crippen LogP contribution in [0.2, 0.25) is 0 Å². The van der Waals surface area contributed by atoms with Crippen molar-refractivity contribution in [1.29, 1.82) is 0 Å². The molecule has 2 unspecified atom stereocenters. The Morgan fingerprint density at radius 2 is 1.25 bits per heavy atom. The summed E-state index contributed by atoms with van der Waals surface area (Å²) >= 11 is 0. The molecule has 0 saturated heterocycles. The van der Waals surface area contributed by atoms with Gasteiger partial charge in [-0.1, -0.05) is 53.9 Å². The van der Waals surface area contributed by atoms with Crippen molar-refractivity contribution in [3.05, 3.63) is 0 Å². The van der Waals surface area contributed by atoms with Crippen LogP contribution in [0.25, 0.3) is 0 Å². The maximum Gasteiger partial charge on any atom is 0.00666 e. The zero-order valence-electron chi connectivity index (χ0n) is 15.1. The fourth-order valence-corrected chi connectivity index (χ4v) is 3.05. The van der Waals surface area contributed by atoms with Gasteiger partial charge in [0, 0.05) is 6.04 Å². The molecule has 0 radical (unpaired) electrons. The third-order valence-corrected chi connectivity index (χ3v) is 4.84. The van der Waals surface area contributed by atoms with Crippen LogP contribution in [0.5, 0.6) is 0 Å². The second-order valence-electron chi connectivity index (χ2n) is 6.28. The quantitative estimate of drug-likeness (QED) is 0.454. The number of hydrogen-bond acceptors (Lipinski definition) is 2. The molecule has 2 heteroatoms. The molecule has 0 aliphatic carbocycles. The van der Waals surface area contributed by atoms with Crippen LogP contribution in [0.4, 0.5) is 0 Å². The highest BCUT2D eigenvalue weighted by atomic mass is 15.1. The Morgan fingerprint density at radius 3 is 1.75 bits per heavy atom. The van der Waals surface area contributed by atoms with Crippen LogP contribution >= 0.6 is 0 Å². The standard InChI is InChI=1S/C18H40N2/c1-7-19(8-2)16-15-17(5)13-11-12-14-18(6)20(9-3)10-4/h17-18H,7-16H2,1-6H3. The van der Waals surface area contributed by atoms with E-state index >= 15 is 0 Å². The van der Waals surface area contributed by atoms with Crippen LogP contribution in [0.15, 0.2) is 0 Å². The normalized spacial score (nSPS) is 15.0. The van der Waals surface area contributed by atoms with Crippen LogP contribution in [0.3, 0.4) is 0 Å². The smallest absolute Gasteiger partial charge is 0.00666 e. The predicted octanol–water partition coefficient (Wildman–Crippen LogP) is 4.65. The average Bonchev–Trinajstić information content (AvgIpc) is 2.46. The molecule has 0 aromatic heterocycles. The molecular formula is C18H40N2. The molecule has 0 fully saturated rings. The lowest BCUT2D eigenvalue weighted by atomic mass is 9.98. The minimum absolute atomic E-state index is 0.760. The van der Waals surface area contributed by atoms with E-state index in [-0.39, 0.29) is 0 Å². The summed E-state index contributed by atoms with van der Waals surface area (Å²) in [6, 6.07) is 0.760. The van der Waals surface area contributed by atoms with Crippen LogP contribution in [0.1, 0.15) is 73.6 Å². The van der Waals surface area contributed by atoms with Gasteiger partial charge in [0.25, 0.3) is 0 Å². The fraction of sp³-hybridized carbons (Fsp3) is 1.00. The van der Waals surface area contributed by atoms with Gasteiger partial charge in [0.15, 0.2) is 0 Å². The molecule has 0 aromatic carbocycles. The van der Waals surface area contributed by atoms with Crippen molar-refractivity contribution in [2.24, 2.45) is 5.92 Å². The third kappa shape index (κ3) is 8.97. The Hall–Kier alpha value is -0.0800. The van der Waals surface area contributed by atoms with Crippen LogP contribution in [0, 0.1) is 5.92 Å². The van der Waals surface area contributed by atoms with Crippen LogP contribution in [-0.2, 0) is 0 Å². The van der Waals surface area contributed by atoms with E-state index in [9.17, 15) is 0 Å². The molecule has 2 nitrogen and oxygen atoms in total. The average molecular weight is 285 g/mol. The molecule has 0 bridgehead atoms. The van der Waals surface area contributed by atoms with Crippen molar-refractivity contribution >= 4 is 0 Å². The summed E-state index contributed by atoms with van der Waals surface area (Å²) in [7, 11) is 0. The molecule has 0 aromatic rings. The maximum absolute atomic E-state index is 2.57. The molecule has 0 spiro atoms. The first-order chi connectivity index (χ1) is 9.58. The lowest BCUT2D eigenvalue weighted by Crippen LogP contribution is -2.32. The van der Waals surface area contributed by atoms with Crippen molar-refractivity contribution in [2.45, 2.75) is 79.7 Å². The lowest BCUT2D eigenvalue weighted by Gasteiger charge is -2.26. The van der Waals surface area contributed by atoms with Gasteiger partial charge in [-0.25, -0.2) is 0 Å². The Bertz CT molecular complexity index is 198. The van der Waals surface area contributed by atoms with Crippen LogP contribution in [-0.4, -0.2) is 48.6 Å². The molecule has 0 amide bonds. The number of nitrogens with zero attached hydrogens (tertiary/aromatic N) is 2. The third-order valence-electron chi connectivity index (χ3n) is 4.84. The lowest BCUT2D eigenvalue weighted by molar-refractivity contribution is 0.215. The van der Waals surface area contributed by atoms with Gasteiger partial charge in [-0.3, -0.25) is 0 Å². The Balaban J connectivity index is 3.63. The SMILES string of the molecule is CCN(CC)CCC(C)CCCCC(C)N(CC)CC. The summed E-state index contributed by atoms with van der Waals surface area (Å²) in [6.07, 6.45) is 6.95. The van der Waals surface area contributed by atoms with Gasteiger partial charge in [-0.2, -0.15) is 0 Å². The highest BCUT2D eigenvalue weighted by molar-refractivity contribution is 4.65. The van der Waals surface area contributed by atoms with E-state index in [0.717, 1.165) is 12.0 Å². The Kier molecular flexibility index (Phi) is 12.6. The zero-order valence-corrected chi connectivity index (χ0v) is 15.1. The minimum Gasteiger partial charge on any atom is -0.304 e. The van der Waals surface area contributed by atoms with Gasteiger partial charge < -0.3 is 9.80 Å². The molecule has 0 rings (SSSR count). The summed E-state index contributed by atoms with van der Waals surface area (Å²) in [5.74, 6) is 0.888. The van der Waals surface area contributed by atoms with Crippen molar-refractivity contribution in [3.8, 4) is 0 Å².